The maximum atomic E-state index is 11.8. The number of carbonyl (C=O) groups is 1. The van der Waals surface area contributed by atoms with Crippen LogP contribution in [-0.4, -0.2) is 20.0 Å². The van der Waals surface area contributed by atoms with E-state index < -0.39 is 0 Å². The molecule has 0 heterocycles. The first-order chi connectivity index (χ1) is 8.74. The van der Waals surface area contributed by atoms with Crippen LogP contribution in [0.15, 0.2) is 24.3 Å². The normalized spacial score (nSPS) is 13.8. The molecule has 0 spiro atoms. The number of benzene rings is 2. The van der Waals surface area contributed by atoms with Gasteiger partial charge in [0, 0.05) is 17.4 Å². The molecule has 1 aliphatic carbocycles. The summed E-state index contributed by atoms with van der Waals surface area (Å²) in [5.74, 6) is 1.76. The van der Waals surface area contributed by atoms with Crippen molar-refractivity contribution in [1.29, 1.82) is 0 Å². The van der Waals surface area contributed by atoms with E-state index in [2.05, 4.69) is 0 Å². The summed E-state index contributed by atoms with van der Waals surface area (Å²) in [7, 11) is 3.28. The summed E-state index contributed by atoms with van der Waals surface area (Å²) < 4.78 is 10.6. The minimum absolute atomic E-state index is 0.202. The number of ether oxygens (including phenoxy) is 2. The minimum atomic E-state index is 0.202. The van der Waals surface area contributed by atoms with Crippen molar-refractivity contribution in [3.8, 4) is 11.5 Å². The van der Waals surface area contributed by atoms with Gasteiger partial charge in [-0.25, -0.2) is 0 Å². The molecule has 2 aromatic carbocycles. The minimum Gasteiger partial charge on any atom is -0.497 e. The van der Waals surface area contributed by atoms with E-state index in [4.69, 9.17) is 9.47 Å². The van der Waals surface area contributed by atoms with Crippen LogP contribution in [0.25, 0.3) is 10.8 Å². The number of fused-ring (bicyclic) bond motifs is 3. The summed E-state index contributed by atoms with van der Waals surface area (Å²) in [5.41, 5.74) is 1.92. The van der Waals surface area contributed by atoms with Crippen molar-refractivity contribution >= 4 is 16.6 Å². The molecule has 0 N–H and O–H groups in total. The average molecular weight is 242 g/mol. The highest BCUT2D eigenvalue weighted by Gasteiger charge is 2.23. The third-order valence-electron chi connectivity index (χ3n) is 3.54. The van der Waals surface area contributed by atoms with Gasteiger partial charge < -0.3 is 9.47 Å². The van der Waals surface area contributed by atoms with Gasteiger partial charge in [-0.05, 0) is 41.6 Å². The van der Waals surface area contributed by atoms with Gasteiger partial charge in [0.1, 0.15) is 11.5 Å². The van der Waals surface area contributed by atoms with E-state index in [0.717, 1.165) is 39.8 Å². The lowest BCUT2D eigenvalue weighted by Crippen LogP contribution is -1.95. The van der Waals surface area contributed by atoms with E-state index in [1.807, 2.05) is 24.3 Å². The molecule has 0 atom stereocenters. The second kappa shape index (κ2) is 4.02. The zero-order chi connectivity index (χ0) is 12.7. The van der Waals surface area contributed by atoms with Crippen LogP contribution in [0.1, 0.15) is 22.3 Å². The summed E-state index contributed by atoms with van der Waals surface area (Å²) >= 11 is 0. The summed E-state index contributed by atoms with van der Waals surface area (Å²) in [6.45, 7) is 0. The van der Waals surface area contributed by atoms with E-state index in [1.54, 1.807) is 14.2 Å². The third kappa shape index (κ3) is 1.47. The molecule has 18 heavy (non-hydrogen) atoms. The zero-order valence-corrected chi connectivity index (χ0v) is 10.4. The van der Waals surface area contributed by atoms with Crippen LogP contribution in [0.3, 0.4) is 0 Å². The fourth-order valence-electron chi connectivity index (χ4n) is 2.62. The number of aryl methyl sites for hydroxylation is 1. The van der Waals surface area contributed by atoms with Crippen LogP contribution in [0.5, 0.6) is 11.5 Å². The lowest BCUT2D eigenvalue weighted by molar-refractivity contribution is 0.0994. The van der Waals surface area contributed by atoms with Gasteiger partial charge in [0.2, 0.25) is 0 Å². The highest BCUT2D eigenvalue weighted by atomic mass is 16.5. The molecule has 0 aromatic heterocycles. The summed E-state index contributed by atoms with van der Waals surface area (Å²) in [6, 6.07) is 7.73. The van der Waals surface area contributed by atoms with Gasteiger partial charge in [0.15, 0.2) is 5.78 Å². The van der Waals surface area contributed by atoms with Crippen LogP contribution >= 0.6 is 0 Å². The molecule has 0 amide bonds. The lowest BCUT2D eigenvalue weighted by atomic mass is 9.99. The van der Waals surface area contributed by atoms with Crippen molar-refractivity contribution in [2.75, 3.05) is 14.2 Å². The Balaban J connectivity index is 2.38. The first-order valence-electron chi connectivity index (χ1n) is 5.95. The molecular weight excluding hydrogens is 228 g/mol. The Labute approximate surface area is 105 Å². The van der Waals surface area contributed by atoms with Crippen molar-refractivity contribution in [3.63, 3.8) is 0 Å². The topological polar surface area (TPSA) is 35.5 Å². The maximum absolute atomic E-state index is 11.8. The highest BCUT2D eigenvalue weighted by molar-refractivity contribution is 6.07. The monoisotopic (exact) mass is 242 g/mol. The molecule has 3 heteroatoms. The molecule has 0 saturated carbocycles. The smallest absolute Gasteiger partial charge is 0.163 e. The van der Waals surface area contributed by atoms with Gasteiger partial charge in [-0.15, -0.1) is 0 Å². The number of Topliss-reactive ketones (excluding diaryl/α,β-unsaturated/α-hetero) is 1. The third-order valence-corrected chi connectivity index (χ3v) is 3.54. The first-order valence-corrected chi connectivity index (χ1v) is 5.95. The van der Waals surface area contributed by atoms with Crippen molar-refractivity contribution < 1.29 is 14.3 Å². The number of hydrogen-bond acceptors (Lipinski definition) is 3. The SMILES string of the molecule is COc1ccc2c(OC)cc3c(c2c1)CCC3=O. The number of carbonyl (C=O) groups excluding carboxylic acids is 1. The molecule has 0 saturated heterocycles. The molecule has 92 valence electrons. The quantitative estimate of drug-likeness (QED) is 0.812. The van der Waals surface area contributed by atoms with E-state index in [1.165, 1.54) is 0 Å². The number of ketones is 1. The molecule has 1 aliphatic rings. The van der Waals surface area contributed by atoms with E-state index in [-0.39, 0.29) is 5.78 Å². The Morgan fingerprint density at radius 3 is 2.56 bits per heavy atom. The number of methoxy groups -OCH3 is 2. The molecular formula is C15H14O3. The standard InChI is InChI=1S/C15H14O3/c1-17-9-3-4-11-12(7-9)10-5-6-14(16)13(10)8-15(11)18-2/h3-4,7-8H,5-6H2,1-2H3. The van der Waals surface area contributed by atoms with Gasteiger partial charge >= 0.3 is 0 Å². The van der Waals surface area contributed by atoms with Gasteiger partial charge in [-0.3, -0.25) is 4.79 Å². The Bertz CT molecular complexity index is 644. The van der Waals surface area contributed by atoms with Crippen molar-refractivity contribution in [3.05, 3.63) is 35.4 Å². The van der Waals surface area contributed by atoms with Crippen LogP contribution in [0, 0.1) is 0 Å². The molecule has 0 bridgehead atoms. The van der Waals surface area contributed by atoms with Gasteiger partial charge in [-0.1, -0.05) is 0 Å². The second-order valence-corrected chi connectivity index (χ2v) is 4.44. The Morgan fingerprint density at radius 1 is 1.00 bits per heavy atom. The Hall–Kier alpha value is -2.03. The average Bonchev–Trinajstić information content (AvgIpc) is 2.79. The molecule has 2 aromatic rings. The van der Waals surface area contributed by atoms with Crippen LogP contribution in [0.4, 0.5) is 0 Å². The fourth-order valence-corrected chi connectivity index (χ4v) is 2.62. The highest BCUT2D eigenvalue weighted by Crippen LogP contribution is 2.37. The molecule has 3 nitrogen and oxygen atoms in total. The Kier molecular flexibility index (Phi) is 2.47. The summed E-state index contributed by atoms with van der Waals surface area (Å²) in [5, 5.41) is 2.10. The second-order valence-electron chi connectivity index (χ2n) is 4.44. The zero-order valence-electron chi connectivity index (χ0n) is 10.4. The molecule has 3 rings (SSSR count). The van der Waals surface area contributed by atoms with E-state index in [0.29, 0.717) is 6.42 Å². The summed E-state index contributed by atoms with van der Waals surface area (Å²) in [4.78, 5) is 11.8. The number of hydrogen-bond donors (Lipinski definition) is 0. The molecule has 0 fully saturated rings. The van der Waals surface area contributed by atoms with E-state index >= 15 is 0 Å². The van der Waals surface area contributed by atoms with Gasteiger partial charge in [-0.2, -0.15) is 0 Å². The Morgan fingerprint density at radius 2 is 1.83 bits per heavy atom. The molecule has 0 radical (unpaired) electrons. The first kappa shape index (κ1) is 11.1. The van der Waals surface area contributed by atoms with Crippen molar-refractivity contribution in [1.82, 2.24) is 0 Å². The van der Waals surface area contributed by atoms with Crippen LogP contribution in [0.2, 0.25) is 0 Å². The van der Waals surface area contributed by atoms with E-state index in [9.17, 15) is 4.79 Å². The van der Waals surface area contributed by atoms with Gasteiger partial charge in [0.25, 0.3) is 0 Å². The van der Waals surface area contributed by atoms with Gasteiger partial charge in [0.05, 0.1) is 14.2 Å². The van der Waals surface area contributed by atoms with Crippen molar-refractivity contribution in [2.24, 2.45) is 0 Å². The predicted molar refractivity (Wildman–Crippen MR) is 69.7 cm³/mol. The number of rotatable bonds is 2. The predicted octanol–water partition coefficient (Wildman–Crippen LogP) is 2.99. The van der Waals surface area contributed by atoms with Crippen molar-refractivity contribution in [2.45, 2.75) is 12.8 Å². The van der Waals surface area contributed by atoms with Crippen LogP contribution in [-0.2, 0) is 6.42 Å². The fraction of sp³-hybridized carbons (Fsp3) is 0.267. The molecule has 0 aliphatic heterocycles. The lowest BCUT2D eigenvalue weighted by Gasteiger charge is -2.11. The van der Waals surface area contributed by atoms with Crippen LogP contribution < -0.4 is 9.47 Å². The maximum Gasteiger partial charge on any atom is 0.163 e. The largest absolute Gasteiger partial charge is 0.497 e. The summed E-state index contributed by atoms with van der Waals surface area (Å²) in [6.07, 6.45) is 1.40. The molecule has 0 unspecified atom stereocenters.